The second-order valence-corrected chi connectivity index (χ2v) is 10.1. The van der Waals surface area contributed by atoms with Crippen LogP contribution in [0.3, 0.4) is 0 Å². The first-order chi connectivity index (χ1) is 18.9. The van der Waals surface area contributed by atoms with E-state index in [2.05, 4.69) is 5.32 Å². The quantitative estimate of drug-likeness (QED) is 0.259. The molecule has 1 unspecified atom stereocenters. The number of benzene rings is 3. The molecule has 6 nitrogen and oxygen atoms in total. The number of halogens is 1. The van der Waals surface area contributed by atoms with Gasteiger partial charge in [0.05, 0.1) is 6.61 Å². The van der Waals surface area contributed by atoms with Crippen molar-refractivity contribution in [1.82, 2.24) is 5.32 Å². The maximum atomic E-state index is 13.5. The number of hydrogen-bond donors (Lipinski definition) is 2. The number of carbonyl (C=O) groups excluding carboxylic acids is 1. The van der Waals surface area contributed by atoms with Crippen LogP contribution in [0.2, 0.25) is 0 Å². The third-order valence-electron chi connectivity index (χ3n) is 6.26. The summed E-state index contributed by atoms with van der Waals surface area (Å²) in [5.74, 6) is -0.0380. The molecule has 1 atom stereocenters. The minimum absolute atomic E-state index is 0. The van der Waals surface area contributed by atoms with Gasteiger partial charge < -0.3 is 21.0 Å². The van der Waals surface area contributed by atoms with Gasteiger partial charge in [-0.15, -0.1) is 0 Å². The summed E-state index contributed by atoms with van der Waals surface area (Å²) in [5.41, 5.74) is 4.46. The van der Waals surface area contributed by atoms with Crippen molar-refractivity contribution in [2.45, 2.75) is 32.6 Å². The summed E-state index contributed by atoms with van der Waals surface area (Å²) in [6.07, 6.45) is 2.23. The van der Waals surface area contributed by atoms with Gasteiger partial charge in [0.2, 0.25) is 0 Å². The predicted octanol–water partition coefficient (Wildman–Crippen LogP) is 3.83. The van der Waals surface area contributed by atoms with Gasteiger partial charge in [-0.3, -0.25) is 4.79 Å². The maximum absolute atomic E-state index is 13.5. The number of ether oxygens (including phenoxy) is 1. The normalized spacial score (nSPS) is 11.5. The molecule has 1 aromatic heterocycles. The van der Waals surface area contributed by atoms with Crippen LogP contribution in [0.5, 0.6) is 0 Å². The Labute approximate surface area is 251 Å². The van der Waals surface area contributed by atoms with Gasteiger partial charge in [-0.05, 0) is 84.0 Å². The summed E-state index contributed by atoms with van der Waals surface area (Å²) in [5, 5.41) is 12.3. The molecule has 40 heavy (non-hydrogen) atoms. The average Bonchev–Trinajstić information content (AvgIpc) is 3.40. The van der Waals surface area contributed by atoms with Crippen molar-refractivity contribution in [3.8, 4) is 22.5 Å². The molecule has 4 rings (SSSR count). The molecule has 204 valence electrons. The third kappa shape index (κ3) is 8.12. The number of hydrogen-bond acceptors (Lipinski definition) is 5. The van der Waals surface area contributed by atoms with E-state index in [0.29, 0.717) is 40.4 Å². The van der Waals surface area contributed by atoms with E-state index in [9.17, 15) is 19.1 Å². The molecule has 0 saturated heterocycles. The van der Waals surface area contributed by atoms with Gasteiger partial charge in [-0.25, -0.2) is 9.18 Å². The van der Waals surface area contributed by atoms with Crippen LogP contribution >= 0.6 is 11.8 Å². The summed E-state index contributed by atoms with van der Waals surface area (Å²) >= 11 is 1.53. The summed E-state index contributed by atoms with van der Waals surface area (Å²) in [7, 11) is 0. The van der Waals surface area contributed by atoms with Gasteiger partial charge in [0, 0.05) is 11.1 Å². The van der Waals surface area contributed by atoms with Crippen LogP contribution < -0.4 is 24.2 Å². The van der Waals surface area contributed by atoms with E-state index in [4.69, 9.17) is 9.15 Å². The van der Waals surface area contributed by atoms with Crippen molar-refractivity contribution in [3.63, 3.8) is 0 Å². The molecule has 0 bridgehead atoms. The maximum Gasteiger partial charge on any atom is 1.00 e. The second kappa shape index (κ2) is 14.9. The van der Waals surface area contributed by atoms with Gasteiger partial charge in [0.15, 0.2) is 0 Å². The van der Waals surface area contributed by atoms with Crippen LogP contribution in [0, 0.1) is 12.7 Å². The molecular weight excluding hydrogens is 524 g/mol. The van der Waals surface area contributed by atoms with Crippen molar-refractivity contribution in [2.75, 3.05) is 12.0 Å². The second-order valence-electron chi connectivity index (χ2n) is 9.11. The Hall–Kier alpha value is -3.28. The number of carbonyl (C=O) groups is 2. The minimum Gasteiger partial charge on any atom is -1.00 e. The first kappa shape index (κ1) is 31.2. The van der Waals surface area contributed by atoms with Crippen LogP contribution in [-0.4, -0.2) is 35.0 Å². The van der Waals surface area contributed by atoms with Crippen molar-refractivity contribution >= 4 is 23.6 Å². The molecule has 0 aliphatic carbocycles. The summed E-state index contributed by atoms with van der Waals surface area (Å²) in [6.45, 7) is 2.45. The number of carboxylic acids is 1. The third-order valence-corrected chi connectivity index (χ3v) is 6.91. The number of thioether (sulfide) groups is 1. The van der Waals surface area contributed by atoms with Crippen LogP contribution in [0.1, 0.15) is 35.1 Å². The molecule has 9 heteroatoms. The molecule has 2 N–H and O–H groups in total. The predicted molar refractivity (Wildman–Crippen MR) is 152 cm³/mol. The van der Waals surface area contributed by atoms with E-state index in [0.717, 1.165) is 16.7 Å². The molecule has 3 aromatic carbocycles. The summed E-state index contributed by atoms with van der Waals surface area (Å²) in [4.78, 5) is 24.9. The van der Waals surface area contributed by atoms with E-state index < -0.39 is 17.9 Å². The minimum atomic E-state index is -1.06. The molecule has 0 fully saturated rings. The van der Waals surface area contributed by atoms with Crippen LogP contribution in [-0.2, 0) is 22.7 Å². The Morgan fingerprint density at radius 3 is 2.55 bits per heavy atom. The molecule has 0 spiro atoms. The van der Waals surface area contributed by atoms with Gasteiger partial charge >= 0.3 is 24.8 Å². The Bertz CT molecular complexity index is 1460. The number of furan rings is 1. The number of rotatable bonds is 12. The fraction of sp³-hybridized carbons (Fsp3) is 0.226. The fourth-order valence-electron chi connectivity index (χ4n) is 4.23. The number of nitrogens with one attached hydrogen (secondary N) is 1. The fourth-order valence-corrected chi connectivity index (χ4v) is 4.70. The molecule has 1 heterocycles. The van der Waals surface area contributed by atoms with E-state index in [-0.39, 0.29) is 39.3 Å². The van der Waals surface area contributed by atoms with E-state index in [1.54, 1.807) is 36.4 Å². The largest absolute Gasteiger partial charge is 1.00 e. The van der Waals surface area contributed by atoms with Crippen molar-refractivity contribution < 1.29 is 48.5 Å². The average molecular weight is 556 g/mol. The zero-order valence-electron chi connectivity index (χ0n) is 23.8. The zero-order chi connectivity index (χ0) is 27.8. The molecule has 0 saturated carbocycles. The SMILES string of the molecule is CSCCC(NC(=O)c1ccc(COCc2ccc(-c3cccc(F)c3)o2)cc1-c1ccccc1C)C(=O)O.[H-].[Li+]. The number of aryl methyl sites for hydroxylation is 1. The summed E-state index contributed by atoms with van der Waals surface area (Å²) < 4.78 is 25.2. The number of carboxylic acid groups (broad SMARTS) is 1. The first-order valence-electron chi connectivity index (χ1n) is 12.5. The monoisotopic (exact) mass is 555 g/mol. The van der Waals surface area contributed by atoms with Gasteiger partial charge in [0.1, 0.15) is 30.0 Å². The topological polar surface area (TPSA) is 88.8 Å². The van der Waals surface area contributed by atoms with Crippen molar-refractivity contribution in [1.29, 1.82) is 0 Å². The van der Waals surface area contributed by atoms with E-state index in [1.165, 1.54) is 23.9 Å². The van der Waals surface area contributed by atoms with Gasteiger partial charge in [-0.2, -0.15) is 11.8 Å². The van der Waals surface area contributed by atoms with Gasteiger partial charge in [-0.1, -0.05) is 42.5 Å². The molecule has 0 radical (unpaired) electrons. The van der Waals surface area contributed by atoms with Gasteiger partial charge in [0.25, 0.3) is 5.91 Å². The molecule has 4 aromatic rings. The Morgan fingerprint density at radius 1 is 1.02 bits per heavy atom. The van der Waals surface area contributed by atoms with E-state index >= 15 is 0 Å². The molecule has 0 aliphatic heterocycles. The van der Waals surface area contributed by atoms with Crippen LogP contribution in [0.4, 0.5) is 4.39 Å². The molecule has 1 amide bonds. The Kier molecular flexibility index (Phi) is 11.7. The zero-order valence-corrected chi connectivity index (χ0v) is 23.6. The number of aliphatic carboxylic acids is 1. The molecule has 0 aliphatic rings. The first-order valence-corrected chi connectivity index (χ1v) is 13.9. The van der Waals surface area contributed by atoms with Crippen molar-refractivity contribution in [2.24, 2.45) is 0 Å². The van der Waals surface area contributed by atoms with Crippen molar-refractivity contribution in [3.05, 3.63) is 107 Å². The molecular formula is C31H31FLiNO5S. The van der Waals surface area contributed by atoms with Crippen LogP contribution in [0.25, 0.3) is 22.5 Å². The smallest absolute Gasteiger partial charge is 1.00 e. The Morgan fingerprint density at radius 2 is 1.82 bits per heavy atom. The van der Waals surface area contributed by atoms with Crippen LogP contribution in [0.15, 0.2) is 83.3 Å². The Balaban J connectivity index is 0.00000294. The standard InChI is InChI=1S/C31H30FNO5S.Li.H/c1-20-6-3-4-9-25(20)27-16-21(10-12-26(27)30(34)33-28(31(35)36)14-15-39-2)18-37-19-24-11-13-29(38-24)22-7-5-8-23(32)17-22;;/h3-13,16-17,28H,14-15,18-19H2,1-2H3,(H,33,34)(H,35,36);;/q;+1;-1. The summed E-state index contributed by atoms with van der Waals surface area (Å²) in [6, 6.07) is 21.9. The van der Waals surface area contributed by atoms with E-state index in [1.807, 2.05) is 43.5 Å². The number of amides is 1.